The number of carbonyl (C=O) groups is 5. The number of alkyl halides is 6. The first-order valence-electron chi connectivity index (χ1n) is 14.5. The van der Waals surface area contributed by atoms with Crippen LogP contribution >= 0.6 is 0 Å². The van der Waals surface area contributed by atoms with Gasteiger partial charge in [0.25, 0.3) is 0 Å². The monoisotopic (exact) mass is 686 g/mol. The third-order valence-corrected chi connectivity index (χ3v) is 7.18. The second-order valence-electron chi connectivity index (χ2n) is 10.9. The Morgan fingerprint density at radius 1 is 0.872 bits per heavy atom. The van der Waals surface area contributed by atoms with Gasteiger partial charge >= 0.3 is 24.3 Å². The van der Waals surface area contributed by atoms with Gasteiger partial charge in [-0.25, -0.2) is 4.79 Å². The number of aliphatic carboxylic acids is 2. The molecule has 1 aliphatic heterocycles. The summed E-state index contributed by atoms with van der Waals surface area (Å²) in [6.07, 6.45) is -10.5. The highest BCUT2D eigenvalue weighted by Gasteiger charge is 2.41. The number of halogens is 6. The Labute approximate surface area is 266 Å². The summed E-state index contributed by atoms with van der Waals surface area (Å²) in [6.45, 7) is 0.400. The van der Waals surface area contributed by atoms with E-state index < -0.39 is 78.5 Å². The zero-order valence-electron chi connectivity index (χ0n) is 25.3. The van der Waals surface area contributed by atoms with Crippen molar-refractivity contribution in [3.05, 3.63) is 35.9 Å². The van der Waals surface area contributed by atoms with E-state index >= 15 is 0 Å². The molecule has 0 aromatic heterocycles. The largest absolute Gasteiger partial charge is 0.490 e. The van der Waals surface area contributed by atoms with Gasteiger partial charge in [-0.05, 0) is 57.1 Å². The molecule has 10 N–H and O–H groups in total. The molecule has 1 fully saturated rings. The van der Waals surface area contributed by atoms with E-state index in [1.54, 1.807) is 30.3 Å². The van der Waals surface area contributed by atoms with Crippen LogP contribution in [0.2, 0.25) is 0 Å². The van der Waals surface area contributed by atoms with Crippen molar-refractivity contribution in [1.82, 2.24) is 15.5 Å². The number of rotatable bonds is 14. The van der Waals surface area contributed by atoms with E-state index in [-0.39, 0.29) is 38.8 Å². The summed E-state index contributed by atoms with van der Waals surface area (Å²) < 4.78 is 70.8. The van der Waals surface area contributed by atoms with Gasteiger partial charge in [0.05, 0.1) is 6.04 Å². The number of unbranched alkanes of at least 4 members (excludes halogenated alkanes) is 1. The molecule has 2 rings (SSSR count). The second kappa shape index (κ2) is 18.4. The van der Waals surface area contributed by atoms with Crippen molar-refractivity contribution in [2.75, 3.05) is 19.6 Å². The second-order valence-corrected chi connectivity index (χ2v) is 10.9. The standard InChI is InChI=1S/C26H39F3N6O5.C2HF3O2/c27-26(28,29)10-9-19(33-21(36)18(31)16-17-6-2-1-3-7-17)22(37)34-20(8-4-5-13-30)23(38)35-14-11-25(32,12-15-35)24(39)40;3-2(4,5)1(6)7/h1-3,6-7,18-20H,4-5,8-16,30-32H2,(H,33,36)(H,34,37)(H,39,40);(H,6,7)/t18-,19?,20-;/m1./s1. The van der Waals surface area contributed by atoms with Gasteiger partial charge < -0.3 is 42.9 Å². The van der Waals surface area contributed by atoms with Crippen molar-refractivity contribution in [2.45, 2.75) is 87.4 Å². The summed E-state index contributed by atoms with van der Waals surface area (Å²) >= 11 is 0. The Morgan fingerprint density at radius 2 is 1.40 bits per heavy atom. The number of piperidine rings is 1. The third-order valence-electron chi connectivity index (χ3n) is 7.18. The lowest BCUT2D eigenvalue weighted by Gasteiger charge is -2.38. The average Bonchev–Trinajstić information content (AvgIpc) is 2.98. The number of nitrogens with two attached hydrogens (primary N) is 3. The van der Waals surface area contributed by atoms with Crippen LogP contribution < -0.4 is 27.8 Å². The lowest BCUT2D eigenvalue weighted by Crippen LogP contribution is -2.60. The van der Waals surface area contributed by atoms with Crippen molar-refractivity contribution in [2.24, 2.45) is 17.2 Å². The molecule has 1 saturated heterocycles. The van der Waals surface area contributed by atoms with Gasteiger partial charge in [0.15, 0.2) is 0 Å². The summed E-state index contributed by atoms with van der Waals surface area (Å²) in [5, 5.41) is 21.3. The first-order chi connectivity index (χ1) is 21.7. The predicted molar refractivity (Wildman–Crippen MR) is 154 cm³/mol. The molecular weight excluding hydrogens is 646 g/mol. The van der Waals surface area contributed by atoms with Gasteiger partial charge in [-0.1, -0.05) is 30.3 Å². The highest BCUT2D eigenvalue weighted by molar-refractivity contribution is 5.93. The number of nitrogens with one attached hydrogen (secondary N) is 2. The third kappa shape index (κ3) is 15.0. The van der Waals surface area contributed by atoms with E-state index in [2.05, 4.69) is 10.6 Å². The van der Waals surface area contributed by atoms with Gasteiger partial charge in [-0.3, -0.25) is 19.2 Å². The molecule has 1 unspecified atom stereocenters. The number of carboxylic acids is 2. The Bertz CT molecular complexity index is 1190. The van der Waals surface area contributed by atoms with Crippen LogP contribution in [0.5, 0.6) is 0 Å². The van der Waals surface area contributed by atoms with Crippen LogP contribution in [0.3, 0.4) is 0 Å². The summed E-state index contributed by atoms with van der Waals surface area (Å²) in [6, 6.07) is 4.93. The minimum Gasteiger partial charge on any atom is -0.480 e. The topological polar surface area (TPSA) is 231 Å². The van der Waals surface area contributed by atoms with Crippen LogP contribution in [-0.4, -0.2) is 100 Å². The van der Waals surface area contributed by atoms with Crippen molar-refractivity contribution in [3.8, 4) is 0 Å². The fraction of sp³-hybridized carbons (Fsp3) is 0.607. The van der Waals surface area contributed by atoms with E-state index in [1.807, 2.05) is 0 Å². The molecule has 1 aromatic carbocycles. The van der Waals surface area contributed by atoms with Crippen molar-refractivity contribution in [1.29, 1.82) is 0 Å². The number of carboxylic acid groups (broad SMARTS) is 2. The number of hydrogen-bond acceptors (Lipinski definition) is 8. The number of carbonyl (C=O) groups excluding carboxylic acids is 3. The molecule has 1 heterocycles. The zero-order chi connectivity index (χ0) is 36.0. The average molecular weight is 687 g/mol. The van der Waals surface area contributed by atoms with Gasteiger partial charge in [0.2, 0.25) is 17.7 Å². The zero-order valence-corrected chi connectivity index (χ0v) is 25.3. The molecule has 3 amide bonds. The molecule has 47 heavy (non-hydrogen) atoms. The smallest absolute Gasteiger partial charge is 0.480 e. The van der Waals surface area contributed by atoms with E-state index in [0.29, 0.717) is 19.4 Å². The van der Waals surface area contributed by atoms with Crippen molar-refractivity contribution in [3.63, 3.8) is 0 Å². The molecule has 1 aliphatic rings. The van der Waals surface area contributed by atoms with Crippen LogP contribution in [0.15, 0.2) is 30.3 Å². The van der Waals surface area contributed by atoms with Crippen LogP contribution in [0, 0.1) is 0 Å². The maximum absolute atomic E-state index is 13.3. The van der Waals surface area contributed by atoms with Gasteiger partial charge in [-0.15, -0.1) is 0 Å². The minimum absolute atomic E-state index is 0.00110. The molecular formula is C28H40F6N6O7. The van der Waals surface area contributed by atoms with Crippen LogP contribution in [0.1, 0.15) is 50.5 Å². The van der Waals surface area contributed by atoms with Gasteiger partial charge in [-0.2, -0.15) is 26.3 Å². The quantitative estimate of drug-likeness (QED) is 0.109. The number of amides is 3. The Balaban J connectivity index is 0.00000141. The molecule has 0 spiro atoms. The summed E-state index contributed by atoms with van der Waals surface area (Å²) in [4.78, 5) is 60.9. The van der Waals surface area contributed by atoms with E-state index in [9.17, 15) is 50.6 Å². The lowest BCUT2D eigenvalue weighted by atomic mass is 9.88. The summed E-state index contributed by atoms with van der Waals surface area (Å²) in [5.74, 6) is -6.21. The summed E-state index contributed by atoms with van der Waals surface area (Å²) in [5.41, 5.74) is 16.6. The fourth-order valence-corrected chi connectivity index (χ4v) is 4.40. The van der Waals surface area contributed by atoms with E-state index in [1.165, 1.54) is 4.90 Å². The lowest BCUT2D eigenvalue weighted by molar-refractivity contribution is -0.192. The van der Waals surface area contributed by atoms with Crippen molar-refractivity contribution < 1.29 is 60.5 Å². The van der Waals surface area contributed by atoms with E-state index in [4.69, 9.17) is 27.1 Å². The van der Waals surface area contributed by atoms with Crippen LogP contribution in [0.25, 0.3) is 0 Å². The maximum atomic E-state index is 13.3. The molecule has 3 atom stereocenters. The first kappa shape index (κ1) is 41.1. The molecule has 0 radical (unpaired) electrons. The number of nitrogens with zero attached hydrogens (tertiary/aromatic N) is 1. The SMILES string of the molecule is NCCCC[C@@H](NC(=O)C(CCC(F)(F)F)NC(=O)[C@H](N)Cc1ccccc1)C(=O)N1CCC(N)(C(=O)O)CC1.O=C(O)C(F)(F)F. The fourth-order valence-electron chi connectivity index (χ4n) is 4.40. The van der Waals surface area contributed by atoms with Crippen LogP contribution in [-0.2, 0) is 30.4 Å². The Hall–Kier alpha value is -3.97. The Morgan fingerprint density at radius 3 is 1.87 bits per heavy atom. The molecule has 1 aromatic rings. The summed E-state index contributed by atoms with van der Waals surface area (Å²) in [7, 11) is 0. The number of benzene rings is 1. The molecule has 266 valence electrons. The normalized spacial score (nSPS) is 16.5. The number of likely N-dealkylation sites (tertiary alicyclic amines) is 1. The highest BCUT2D eigenvalue weighted by atomic mass is 19.4. The van der Waals surface area contributed by atoms with Gasteiger partial charge in [0, 0.05) is 19.5 Å². The number of hydrogen-bond donors (Lipinski definition) is 7. The maximum Gasteiger partial charge on any atom is 0.490 e. The Kier molecular flexibility index (Phi) is 16.1. The molecule has 13 nitrogen and oxygen atoms in total. The predicted octanol–water partition coefficient (Wildman–Crippen LogP) is 1.04. The minimum atomic E-state index is -5.08. The van der Waals surface area contributed by atoms with Gasteiger partial charge in [0.1, 0.15) is 17.6 Å². The molecule has 19 heteroatoms. The van der Waals surface area contributed by atoms with E-state index in [0.717, 1.165) is 5.56 Å². The molecule has 0 bridgehead atoms. The highest BCUT2D eigenvalue weighted by Crippen LogP contribution is 2.24. The van der Waals surface area contributed by atoms with Crippen LogP contribution in [0.4, 0.5) is 26.3 Å². The molecule has 0 aliphatic carbocycles. The van der Waals surface area contributed by atoms with Crippen molar-refractivity contribution >= 4 is 29.7 Å². The first-order valence-corrected chi connectivity index (χ1v) is 14.5. The molecule has 0 saturated carbocycles.